The Labute approximate surface area is 70.3 Å². The van der Waals surface area contributed by atoms with Gasteiger partial charge in [-0.25, -0.2) is 0 Å². The summed E-state index contributed by atoms with van der Waals surface area (Å²) in [5.41, 5.74) is 6.76. The predicted molar refractivity (Wildman–Crippen MR) is 46.2 cm³/mol. The van der Waals surface area contributed by atoms with Crippen LogP contribution in [0.4, 0.5) is 0 Å². The topological polar surface area (TPSA) is 49.8 Å². The Bertz CT molecular complexity index is 272. The van der Waals surface area contributed by atoms with Crippen molar-refractivity contribution in [2.75, 3.05) is 0 Å². The average Bonchev–Trinajstić information content (AvgIpc) is 2.50. The summed E-state index contributed by atoms with van der Waals surface area (Å²) in [6.45, 7) is 2.07. The summed E-state index contributed by atoms with van der Waals surface area (Å²) in [5.74, 6) is 0. The number of nitriles is 1. The van der Waals surface area contributed by atoms with E-state index in [9.17, 15) is 0 Å². The van der Waals surface area contributed by atoms with Crippen molar-refractivity contribution < 1.29 is 0 Å². The van der Waals surface area contributed by atoms with Crippen LogP contribution in [-0.2, 0) is 6.42 Å². The molecule has 0 aliphatic heterocycles. The van der Waals surface area contributed by atoms with E-state index in [2.05, 4.69) is 6.92 Å². The molecule has 1 aromatic heterocycles. The van der Waals surface area contributed by atoms with E-state index in [1.54, 1.807) is 11.3 Å². The van der Waals surface area contributed by atoms with Crippen molar-refractivity contribution in [3.8, 4) is 6.07 Å². The Morgan fingerprint density at radius 1 is 1.82 bits per heavy atom. The van der Waals surface area contributed by atoms with Crippen molar-refractivity contribution in [1.29, 1.82) is 5.26 Å². The van der Waals surface area contributed by atoms with Gasteiger partial charge >= 0.3 is 0 Å². The van der Waals surface area contributed by atoms with Gasteiger partial charge in [-0.2, -0.15) is 5.26 Å². The Morgan fingerprint density at radius 3 is 3.09 bits per heavy atom. The summed E-state index contributed by atoms with van der Waals surface area (Å²) >= 11 is 1.56. The van der Waals surface area contributed by atoms with Gasteiger partial charge in [-0.1, -0.05) is 6.92 Å². The Balaban J connectivity index is 2.94. The molecule has 1 rings (SSSR count). The fourth-order valence-electron chi connectivity index (χ4n) is 0.971. The van der Waals surface area contributed by atoms with Crippen LogP contribution in [0.5, 0.6) is 0 Å². The molecule has 2 nitrogen and oxygen atoms in total. The number of rotatable bonds is 2. The molecule has 2 N–H and O–H groups in total. The van der Waals surface area contributed by atoms with E-state index in [-0.39, 0.29) is 0 Å². The molecule has 0 saturated heterocycles. The second-order valence-corrected chi connectivity index (χ2v) is 3.22. The molecule has 0 spiro atoms. The molecule has 1 aromatic rings. The first-order chi connectivity index (χ1) is 5.29. The van der Waals surface area contributed by atoms with Crippen molar-refractivity contribution in [2.24, 2.45) is 5.73 Å². The highest BCUT2D eigenvalue weighted by Gasteiger charge is 2.09. The molecule has 58 valence electrons. The molecule has 11 heavy (non-hydrogen) atoms. The van der Waals surface area contributed by atoms with Crippen molar-refractivity contribution >= 4 is 11.3 Å². The molecule has 0 radical (unpaired) electrons. The maximum Gasteiger partial charge on any atom is 0.128 e. The third-order valence-corrected chi connectivity index (χ3v) is 2.63. The van der Waals surface area contributed by atoms with Crippen LogP contribution >= 0.6 is 11.3 Å². The first kappa shape index (κ1) is 8.25. The quantitative estimate of drug-likeness (QED) is 0.728. The molecule has 1 atom stereocenters. The van der Waals surface area contributed by atoms with Crippen LogP contribution in [0, 0.1) is 11.3 Å². The van der Waals surface area contributed by atoms with Crippen LogP contribution < -0.4 is 5.73 Å². The van der Waals surface area contributed by atoms with E-state index in [1.165, 1.54) is 5.56 Å². The standard InChI is InChI=1S/C8H10N2S/c1-2-6-3-4-11-8(6)7(10)5-9/h3-4,7H,2,10H2,1H3. The lowest BCUT2D eigenvalue weighted by Gasteiger charge is -2.00. The summed E-state index contributed by atoms with van der Waals surface area (Å²) in [4.78, 5) is 1.01. The Kier molecular flexibility index (Phi) is 2.64. The number of nitrogens with two attached hydrogens (primary N) is 1. The second-order valence-electron chi connectivity index (χ2n) is 2.27. The first-order valence-corrected chi connectivity index (χ1v) is 4.39. The minimum absolute atomic E-state index is 0.440. The van der Waals surface area contributed by atoms with Gasteiger partial charge in [0.05, 0.1) is 6.07 Å². The van der Waals surface area contributed by atoms with Crippen molar-refractivity contribution in [3.05, 3.63) is 21.9 Å². The van der Waals surface area contributed by atoms with Gasteiger partial charge in [-0.15, -0.1) is 11.3 Å². The molecule has 1 unspecified atom stereocenters. The number of nitrogens with zero attached hydrogens (tertiary/aromatic N) is 1. The zero-order valence-corrected chi connectivity index (χ0v) is 7.19. The molecule has 0 bridgehead atoms. The molecule has 0 fully saturated rings. The number of hydrogen-bond acceptors (Lipinski definition) is 3. The zero-order valence-electron chi connectivity index (χ0n) is 6.37. The molecule has 0 amide bonds. The lowest BCUT2D eigenvalue weighted by molar-refractivity contribution is 0.925. The summed E-state index contributed by atoms with van der Waals surface area (Å²) in [6, 6.07) is 3.62. The maximum absolute atomic E-state index is 8.56. The summed E-state index contributed by atoms with van der Waals surface area (Å²) in [7, 11) is 0. The molecule has 0 aliphatic rings. The first-order valence-electron chi connectivity index (χ1n) is 3.51. The lowest BCUT2D eigenvalue weighted by Crippen LogP contribution is -2.06. The zero-order chi connectivity index (χ0) is 8.27. The van der Waals surface area contributed by atoms with Gasteiger partial charge in [0.1, 0.15) is 6.04 Å². The van der Waals surface area contributed by atoms with Crippen LogP contribution in [0.2, 0.25) is 0 Å². The highest BCUT2D eigenvalue weighted by Crippen LogP contribution is 2.22. The lowest BCUT2D eigenvalue weighted by atomic mass is 10.1. The van der Waals surface area contributed by atoms with Crippen LogP contribution in [0.1, 0.15) is 23.4 Å². The number of aryl methyl sites for hydroxylation is 1. The van der Waals surface area contributed by atoms with Gasteiger partial charge in [-0.3, -0.25) is 0 Å². The molecule has 3 heteroatoms. The second kappa shape index (κ2) is 3.51. The molecule has 0 aliphatic carbocycles. The number of hydrogen-bond donors (Lipinski definition) is 1. The van der Waals surface area contributed by atoms with Crippen LogP contribution in [0.15, 0.2) is 11.4 Å². The van der Waals surface area contributed by atoms with Crippen LogP contribution in [0.25, 0.3) is 0 Å². The van der Waals surface area contributed by atoms with Crippen molar-refractivity contribution in [1.82, 2.24) is 0 Å². The normalized spacial score (nSPS) is 12.5. The van der Waals surface area contributed by atoms with Crippen LogP contribution in [-0.4, -0.2) is 0 Å². The van der Waals surface area contributed by atoms with E-state index in [0.717, 1.165) is 11.3 Å². The van der Waals surface area contributed by atoms with Gasteiger partial charge in [0.25, 0.3) is 0 Å². The van der Waals surface area contributed by atoms with Crippen molar-refractivity contribution in [3.63, 3.8) is 0 Å². The molecule has 0 saturated carbocycles. The fourth-order valence-corrected chi connectivity index (χ4v) is 1.91. The van der Waals surface area contributed by atoms with Crippen LogP contribution in [0.3, 0.4) is 0 Å². The minimum atomic E-state index is -0.440. The Morgan fingerprint density at radius 2 is 2.55 bits per heavy atom. The highest BCUT2D eigenvalue weighted by atomic mass is 32.1. The largest absolute Gasteiger partial charge is 0.312 e. The third-order valence-electron chi connectivity index (χ3n) is 1.58. The van der Waals surface area contributed by atoms with Crippen molar-refractivity contribution in [2.45, 2.75) is 19.4 Å². The Hall–Kier alpha value is -0.850. The third kappa shape index (κ3) is 1.59. The average molecular weight is 166 g/mol. The van der Waals surface area contributed by atoms with E-state index in [0.29, 0.717) is 0 Å². The SMILES string of the molecule is CCc1ccsc1C(N)C#N. The van der Waals surface area contributed by atoms with Gasteiger partial charge < -0.3 is 5.73 Å². The van der Waals surface area contributed by atoms with E-state index in [1.807, 2.05) is 17.5 Å². The summed E-state index contributed by atoms with van der Waals surface area (Å²) in [6.07, 6.45) is 0.953. The smallest absolute Gasteiger partial charge is 0.128 e. The van der Waals surface area contributed by atoms with E-state index < -0.39 is 6.04 Å². The number of thiophene rings is 1. The molecule has 1 heterocycles. The monoisotopic (exact) mass is 166 g/mol. The summed E-state index contributed by atoms with van der Waals surface area (Å²) in [5, 5.41) is 10.5. The maximum atomic E-state index is 8.56. The molecular formula is C8H10N2S. The van der Waals surface area contributed by atoms with Gasteiger partial charge in [0.15, 0.2) is 0 Å². The van der Waals surface area contributed by atoms with E-state index >= 15 is 0 Å². The van der Waals surface area contributed by atoms with Gasteiger partial charge in [0.2, 0.25) is 0 Å². The predicted octanol–water partition coefficient (Wildman–Crippen LogP) is 1.83. The minimum Gasteiger partial charge on any atom is -0.312 e. The summed E-state index contributed by atoms with van der Waals surface area (Å²) < 4.78 is 0. The van der Waals surface area contributed by atoms with Gasteiger partial charge in [-0.05, 0) is 23.4 Å². The molecular weight excluding hydrogens is 156 g/mol. The molecule has 0 aromatic carbocycles. The van der Waals surface area contributed by atoms with Gasteiger partial charge in [0, 0.05) is 4.88 Å². The fraction of sp³-hybridized carbons (Fsp3) is 0.375. The van der Waals surface area contributed by atoms with E-state index in [4.69, 9.17) is 11.0 Å². The highest BCUT2D eigenvalue weighted by molar-refractivity contribution is 7.10.